The van der Waals surface area contributed by atoms with Crippen LogP contribution < -0.4 is 0 Å². The normalized spacial score (nSPS) is 9.90. The molecule has 0 saturated heterocycles. The minimum atomic E-state index is -4.47. The number of aliphatic hydroxyl groups is 1. The maximum absolute atomic E-state index is 11.4. The monoisotopic (exact) mass is 298 g/mol. The van der Waals surface area contributed by atoms with Crippen LogP contribution in [0.4, 0.5) is 13.2 Å². The topological polar surface area (TPSA) is 72.8 Å². The summed E-state index contributed by atoms with van der Waals surface area (Å²) in [4.78, 5) is 20.8. The van der Waals surface area contributed by atoms with Gasteiger partial charge in [-0.3, -0.25) is 0 Å². The Morgan fingerprint density at radius 1 is 1.05 bits per heavy atom. The maximum Gasteiger partial charge on any atom is 0.422 e. The highest BCUT2D eigenvalue weighted by atomic mass is 19.4. The Bertz CT molecular complexity index is 361. The van der Waals surface area contributed by atoms with E-state index in [4.69, 9.17) is 5.11 Å². The molecule has 0 rings (SSSR count). The Morgan fingerprint density at radius 3 is 1.75 bits per heavy atom. The number of hydrogen-bond donors (Lipinski definition) is 1. The second kappa shape index (κ2) is 10.0. The molecule has 0 aliphatic carbocycles. The van der Waals surface area contributed by atoms with Crippen LogP contribution in [0.2, 0.25) is 0 Å². The molecule has 0 aromatic carbocycles. The minimum Gasteiger partial charge on any atom is -0.460 e. The van der Waals surface area contributed by atoms with Crippen molar-refractivity contribution < 1.29 is 37.3 Å². The quantitative estimate of drug-likeness (QED) is 0.618. The maximum atomic E-state index is 11.4. The van der Waals surface area contributed by atoms with Gasteiger partial charge in [-0.05, 0) is 13.8 Å². The summed E-state index contributed by atoms with van der Waals surface area (Å²) in [6, 6.07) is 0. The number of carbonyl (C=O) groups excluding carboxylic acids is 2. The van der Waals surface area contributed by atoms with Crippen molar-refractivity contribution in [2.24, 2.45) is 0 Å². The van der Waals surface area contributed by atoms with Crippen LogP contribution in [-0.2, 0) is 19.1 Å². The van der Waals surface area contributed by atoms with Gasteiger partial charge in [0.25, 0.3) is 0 Å². The van der Waals surface area contributed by atoms with Gasteiger partial charge >= 0.3 is 18.1 Å². The molecule has 20 heavy (non-hydrogen) atoms. The highest BCUT2D eigenvalue weighted by molar-refractivity contribution is 5.87. The van der Waals surface area contributed by atoms with Crippen LogP contribution >= 0.6 is 0 Å². The Morgan fingerprint density at radius 2 is 1.45 bits per heavy atom. The molecule has 8 heteroatoms. The summed E-state index contributed by atoms with van der Waals surface area (Å²) in [6.07, 6.45) is -4.47. The van der Waals surface area contributed by atoms with Crippen LogP contribution in [0.3, 0.4) is 0 Å². The third-order valence-corrected chi connectivity index (χ3v) is 1.39. The predicted octanol–water partition coefficient (Wildman–Crippen LogP) is 1.77. The second-order valence-corrected chi connectivity index (χ2v) is 3.61. The summed E-state index contributed by atoms with van der Waals surface area (Å²) < 4.78 is 42.4. The lowest BCUT2D eigenvalue weighted by Gasteiger charge is -2.06. The van der Waals surface area contributed by atoms with Gasteiger partial charge in [0.15, 0.2) is 6.61 Å². The van der Waals surface area contributed by atoms with E-state index in [9.17, 15) is 22.8 Å². The number of carbonyl (C=O) groups is 2. The summed E-state index contributed by atoms with van der Waals surface area (Å²) in [7, 11) is 0. The zero-order valence-corrected chi connectivity index (χ0v) is 11.2. The van der Waals surface area contributed by atoms with E-state index in [0.29, 0.717) is 5.57 Å². The van der Waals surface area contributed by atoms with Crippen molar-refractivity contribution in [3.05, 3.63) is 24.3 Å². The number of alkyl halides is 3. The van der Waals surface area contributed by atoms with E-state index in [0.717, 1.165) is 0 Å². The molecule has 0 saturated carbocycles. The largest absolute Gasteiger partial charge is 0.460 e. The standard InChI is InChI=1S/C6H7F3O2.C6H10O3/c1-4(2)5(10)11-3-6(7,8)9;1-5(2)6(8)9-4-3-7/h1,3H2,2H3;7H,1,3-4H2,2H3. The molecule has 0 spiro atoms. The lowest BCUT2D eigenvalue weighted by atomic mass is 10.4. The molecule has 0 amide bonds. The van der Waals surface area contributed by atoms with Crippen molar-refractivity contribution in [1.82, 2.24) is 0 Å². The first-order valence-corrected chi connectivity index (χ1v) is 5.34. The van der Waals surface area contributed by atoms with Crippen LogP contribution in [-0.4, -0.2) is 43.0 Å². The summed E-state index contributed by atoms with van der Waals surface area (Å²) in [5.41, 5.74) is 0.303. The zero-order chi connectivity index (χ0) is 16.3. The van der Waals surface area contributed by atoms with Crippen LogP contribution in [0.25, 0.3) is 0 Å². The minimum absolute atomic E-state index is 0.0470. The summed E-state index contributed by atoms with van der Waals surface area (Å²) in [5.74, 6) is -1.48. The van der Waals surface area contributed by atoms with E-state index in [1.54, 1.807) is 6.92 Å². The first-order valence-electron chi connectivity index (χ1n) is 5.34. The van der Waals surface area contributed by atoms with Crippen molar-refractivity contribution in [3.63, 3.8) is 0 Å². The molecule has 0 radical (unpaired) electrons. The fraction of sp³-hybridized carbons (Fsp3) is 0.500. The average molecular weight is 298 g/mol. The van der Waals surface area contributed by atoms with Gasteiger partial charge in [-0.2, -0.15) is 13.2 Å². The van der Waals surface area contributed by atoms with Crippen LogP contribution in [0.15, 0.2) is 24.3 Å². The van der Waals surface area contributed by atoms with Crippen molar-refractivity contribution in [2.45, 2.75) is 20.0 Å². The smallest absolute Gasteiger partial charge is 0.422 e. The molecule has 0 aromatic rings. The number of aliphatic hydroxyl groups excluding tert-OH is 1. The number of rotatable bonds is 5. The molecule has 0 heterocycles. The van der Waals surface area contributed by atoms with Gasteiger partial charge in [0, 0.05) is 11.1 Å². The molecule has 0 atom stereocenters. The molecule has 116 valence electrons. The first-order chi connectivity index (χ1) is 9.01. The number of ether oxygens (including phenoxy) is 2. The summed E-state index contributed by atoms with van der Waals surface area (Å²) >= 11 is 0. The van der Waals surface area contributed by atoms with Crippen LogP contribution in [0, 0.1) is 0 Å². The van der Waals surface area contributed by atoms with Crippen molar-refractivity contribution >= 4 is 11.9 Å². The van der Waals surface area contributed by atoms with E-state index >= 15 is 0 Å². The van der Waals surface area contributed by atoms with Gasteiger partial charge in [0.1, 0.15) is 6.61 Å². The van der Waals surface area contributed by atoms with E-state index in [1.807, 2.05) is 0 Å². The highest BCUT2D eigenvalue weighted by Crippen LogP contribution is 2.14. The summed E-state index contributed by atoms with van der Waals surface area (Å²) in [6.45, 7) is 7.65. The van der Waals surface area contributed by atoms with E-state index in [2.05, 4.69) is 22.6 Å². The average Bonchev–Trinajstić information content (AvgIpc) is 2.32. The van der Waals surface area contributed by atoms with Gasteiger partial charge in [-0.15, -0.1) is 0 Å². The molecule has 0 aromatic heterocycles. The SMILES string of the molecule is C=C(C)C(=O)OCC(F)(F)F.C=C(C)C(=O)OCCO. The molecule has 0 unspecified atom stereocenters. The molecule has 5 nitrogen and oxygen atoms in total. The van der Waals surface area contributed by atoms with E-state index < -0.39 is 24.7 Å². The highest BCUT2D eigenvalue weighted by Gasteiger charge is 2.29. The lowest BCUT2D eigenvalue weighted by molar-refractivity contribution is -0.183. The molecular formula is C12H17F3O5. The third-order valence-electron chi connectivity index (χ3n) is 1.39. The Kier molecular flexibility index (Phi) is 10.3. The van der Waals surface area contributed by atoms with Gasteiger partial charge in [0.2, 0.25) is 0 Å². The molecular weight excluding hydrogens is 281 g/mol. The second-order valence-electron chi connectivity index (χ2n) is 3.61. The fourth-order valence-corrected chi connectivity index (χ4v) is 0.532. The van der Waals surface area contributed by atoms with Crippen molar-refractivity contribution in [2.75, 3.05) is 19.8 Å². The predicted molar refractivity (Wildman–Crippen MR) is 64.7 cm³/mol. The van der Waals surface area contributed by atoms with E-state index in [1.165, 1.54) is 6.92 Å². The van der Waals surface area contributed by atoms with Crippen molar-refractivity contribution in [3.8, 4) is 0 Å². The Hall–Kier alpha value is -1.83. The van der Waals surface area contributed by atoms with Crippen LogP contribution in [0.5, 0.6) is 0 Å². The third kappa shape index (κ3) is 14.2. The molecule has 0 bridgehead atoms. The summed E-state index contributed by atoms with van der Waals surface area (Å²) in [5, 5.41) is 8.19. The van der Waals surface area contributed by atoms with Gasteiger partial charge in [-0.25, -0.2) is 9.59 Å². The van der Waals surface area contributed by atoms with Crippen molar-refractivity contribution in [1.29, 1.82) is 0 Å². The number of halogens is 3. The number of esters is 2. The van der Waals surface area contributed by atoms with Gasteiger partial charge in [-0.1, -0.05) is 13.2 Å². The lowest BCUT2D eigenvalue weighted by Crippen LogP contribution is -2.20. The Balaban J connectivity index is 0. The van der Waals surface area contributed by atoms with Crippen LogP contribution in [0.1, 0.15) is 13.8 Å². The Labute approximate surface area is 114 Å². The zero-order valence-electron chi connectivity index (χ0n) is 11.2. The molecule has 1 N–H and O–H groups in total. The van der Waals surface area contributed by atoms with Gasteiger partial charge in [0.05, 0.1) is 6.61 Å². The number of hydrogen-bond acceptors (Lipinski definition) is 5. The molecule has 0 fully saturated rings. The van der Waals surface area contributed by atoms with E-state index in [-0.39, 0.29) is 18.8 Å². The first kappa shape index (κ1) is 20.5. The molecule has 0 aliphatic heterocycles. The van der Waals surface area contributed by atoms with Gasteiger partial charge < -0.3 is 14.6 Å². The fourth-order valence-electron chi connectivity index (χ4n) is 0.532. The molecule has 0 aliphatic rings.